The van der Waals surface area contributed by atoms with Crippen molar-refractivity contribution in [3.63, 3.8) is 0 Å². The van der Waals surface area contributed by atoms with Gasteiger partial charge < -0.3 is 190 Å². The molecular formula is C51H85N3O39. The van der Waals surface area contributed by atoms with Gasteiger partial charge in [0.05, 0.1) is 58.4 Å². The van der Waals surface area contributed by atoms with E-state index in [4.69, 9.17) is 61.6 Å². The number of hydrogen-bond acceptors (Lipinski definition) is 38. The maximum absolute atomic E-state index is 12.8. The van der Waals surface area contributed by atoms with Gasteiger partial charge in [0.1, 0.15) is 165 Å². The molecule has 7 aliphatic heterocycles. The number of ether oxygens (including phenoxy) is 13. The molecule has 0 unspecified atom stereocenters. The van der Waals surface area contributed by atoms with E-state index in [2.05, 4.69) is 16.0 Å². The van der Waals surface area contributed by atoms with Crippen molar-refractivity contribution in [2.45, 2.75) is 248 Å². The number of aliphatic hydroxyl groups excluding tert-OH is 21. The van der Waals surface area contributed by atoms with Crippen LogP contribution in [-0.4, -0.2) is 403 Å². The van der Waals surface area contributed by atoms with Gasteiger partial charge in [-0.15, -0.1) is 0 Å². The average molecular weight is 1360 g/mol. The van der Waals surface area contributed by atoms with Gasteiger partial charge in [-0.2, -0.15) is 0 Å². The lowest BCUT2D eigenvalue weighted by atomic mass is 9.88. The smallest absolute Gasteiger partial charge is 0.364 e. The summed E-state index contributed by atoms with van der Waals surface area (Å²) < 4.78 is 74.6. The number of carbonyl (C=O) groups is 4. The van der Waals surface area contributed by atoms with E-state index < -0.39 is 297 Å². The maximum atomic E-state index is 12.8. The third kappa shape index (κ3) is 17.0. The molecule has 93 heavy (non-hydrogen) atoms. The summed E-state index contributed by atoms with van der Waals surface area (Å²) in [7, 11) is 0. The molecule has 0 spiro atoms. The van der Waals surface area contributed by atoms with Crippen molar-refractivity contribution in [3.8, 4) is 0 Å². The maximum Gasteiger partial charge on any atom is 0.364 e. The normalized spacial score (nSPS) is 47.2. The van der Waals surface area contributed by atoms with E-state index in [0.717, 1.165) is 20.8 Å². The van der Waals surface area contributed by atoms with Crippen LogP contribution in [0.25, 0.3) is 0 Å². The average Bonchev–Trinajstić information content (AvgIpc) is 0.781. The van der Waals surface area contributed by atoms with Gasteiger partial charge in [0, 0.05) is 27.2 Å². The summed E-state index contributed by atoms with van der Waals surface area (Å²) in [5, 5.41) is 245. The van der Waals surface area contributed by atoms with Crippen LogP contribution in [0.4, 0.5) is 0 Å². The Morgan fingerprint density at radius 2 is 0.871 bits per heavy atom. The fraction of sp³-hybridized carbons (Fsp3) is 0.922. The summed E-state index contributed by atoms with van der Waals surface area (Å²) in [5.41, 5.74) is 0. The second-order valence-corrected chi connectivity index (χ2v) is 23.3. The summed E-state index contributed by atoms with van der Waals surface area (Å²) in [6.07, 6.45) is -66.6. The number of amides is 3. The standard InChI is InChI=1S/C51H85N3O39/c1-12(60)52-23-15(63)4-51(50(79)80,93-40(23)26(65)16(64)5-55)82-11-22-30(69)34(73)37(76)47(88-22)89-39-20(9-59)87-46(25(33(39)72)54-14(3)62)92-43-36(75)29(68)19(8-58)86-49(43)90-41-31(70)21(83-44(78)38(41)77)10-81-48-42(35(74)28(67)18(7-57)85-48)91-45-24(53-13(2)61)32(71)27(66)17(6-56)84-45/h15-49,55-59,63-78H,4-11H2,1-3H3,(H,52,60)(H,53,61)(H,54,62)(H,79,80)/t15-,16+,17+,18+,19+,20+,21+,22+,23+,24+,25+,26+,27+,28+,29+,30-,31+,32+,33+,34-,35-,36-,37+,38-,39+,40+,41-,42-,43-,44-,45-,46-,47-,48-,49+,51+/m0/s1. The quantitative estimate of drug-likeness (QED) is 0.0404. The second kappa shape index (κ2) is 32.9. The van der Waals surface area contributed by atoms with Gasteiger partial charge in [0.25, 0.3) is 5.79 Å². The Bertz CT molecular complexity index is 2420. The van der Waals surface area contributed by atoms with Crippen LogP contribution in [0.3, 0.4) is 0 Å². The van der Waals surface area contributed by atoms with E-state index in [-0.39, 0.29) is 0 Å². The van der Waals surface area contributed by atoms with Crippen molar-refractivity contribution in [1.82, 2.24) is 16.0 Å². The molecule has 25 N–H and O–H groups in total. The highest BCUT2D eigenvalue weighted by Gasteiger charge is 2.60. The van der Waals surface area contributed by atoms with Gasteiger partial charge in [0.2, 0.25) is 17.7 Å². The topological polar surface area (TPSA) is 669 Å². The van der Waals surface area contributed by atoms with E-state index in [1.807, 2.05) is 0 Å². The van der Waals surface area contributed by atoms with Crippen LogP contribution in [0.15, 0.2) is 0 Å². The zero-order chi connectivity index (χ0) is 69.0. The van der Waals surface area contributed by atoms with E-state index in [1.165, 1.54) is 0 Å². The second-order valence-electron chi connectivity index (χ2n) is 23.3. The van der Waals surface area contributed by atoms with Gasteiger partial charge in [-0.05, 0) is 0 Å². The summed E-state index contributed by atoms with van der Waals surface area (Å²) in [4.78, 5) is 49.8. The highest BCUT2D eigenvalue weighted by Crippen LogP contribution is 2.39. The molecule has 0 aliphatic carbocycles. The predicted molar refractivity (Wildman–Crippen MR) is 284 cm³/mol. The van der Waals surface area contributed by atoms with Crippen molar-refractivity contribution in [2.75, 3.05) is 46.2 Å². The minimum atomic E-state index is -3.02. The largest absolute Gasteiger partial charge is 0.477 e. The first-order valence-electron chi connectivity index (χ1n) is 29.2. The number of carbonyl (C=O) groups excluding carboxylic acids is 3. The molecule has 36 atom stereocenters. The molecule has 7 fully saturated rings. The van der Waals surface area contributed by atoms with E-state index in [1.54, 1.807) is 0 Å². The SMILES string of the molecule is CC(=O)N[C@H]1[C@H](O[C@@H]2[C@@H](O[C@@H]3[C@H](O)[C@@H](O)O[C@H](CO[C@H]4O[C@H](CO)[C@@H](O)[C@H](O)[C@@H]4O[C@@H]4O[C@H](CO)[C@@H](O)[C@H](O)[C@H]4NC(C)=O)[C@H]3O)O[C@H](CO)[C@@H](O)[C@@H]2O)O[C@H](CO)[C@@H](O[C@@H]2O[C@H](CO[C@]3(C(=O)O)C[C@H](O)[C@@H](NC(C)=O)[C@H]([C@H](O)[C@H](O)CO)O3)[C@H](O)[C@H](O)[C@H]2O)[C@@H]1O. The van der Waals surface area contributed by atoms with Crippen molar-refractivity contribution in [1.29, 1.82) is 0 Å². The van der Waals surface area contributed by atoms with Crippen LogP contribution in [0.2, 0.25) is 0 Å². The molecule has 7 rings (SSSR count). The number of nitrogens with one attached hydrogen (secondary N) is 3. The van der Waals surface area contributed by atoms with Crippen molar-refractivity contribution in [2.24, 2.45) is 0 Å². The minimum Gasteiger partial charge on any atom is -0.477 e. The zero-order valence-corrected chi connectivity index (χ0v) is 49.6. The lowest BCUT2D eigenvalue weighted by Gasteiger charge is -2.50. The number of carboxylic acid groups (broad SMARTS) is 1. The van der Waals surface area contributed by atoms with E-state index >= 15 is 0 Å². The predicted octanol–water partition coefficient (Wildman–Crippen LogP) is -16.6. The molecule has 0 bridgehead atoms. The van der Waals surface area contributed by atoms with Gasteiger partial charge in [-0.1, -0.05) is 0 Å². The Morgan fingerprint density at radius 1 is 0.441 bits per heavy atom. The first-order chi connectivity index (χ1) is 43.8. The number of rotatable bonds is 25. The molecule has 0 aromatic heterocycles. The van der Waals surface area contributed by atoms with Gasteiger partial charge in [-0.3, -0.25) is 14.4 Å². The molecule has 538 valence electrons. The molecule has 0 saturated carbocycles. The van der Waals surface area contributed by atoms with Gasteiger partial charge in [0.15, 0.2) is 37.7 Å². The number of hydrogen-bond donors (Lipinski definition) is 25. The van der Waals surface area contributed by atoms with Crippen LogP contribution in [0.1, 0.15) is 27.2 Å². The third-order valence-corrected chi connectivity index (χ3v) is 16.7. The van der Waals surface area contributed by atoms with Crippen molar-refractivity contribution < 1.29 is 193 Å². The first-order valence-corrected chi connectivity index (χ1v) is 29.2. The minimum absolute atomic E-state index is 0.780. The number of aliphatic hydroxyl groups is 21. The summed E-state index contributed by atoms with van der Waals surface area (Å²) >= 11 is 0. The van der Waals surface area contributed by atoms with Crippen LogP contribution in [0, 0.1) is 0 Å². The van der Waals surface area contributed by atoms with Crippen LogP contribution < -0.4 is 16.0 Å². The molecular weight excluding hydrogens is 1280 g/mol. The van der Waals surface area contributed by atoms with Crippen LogP contribution in [0.5, 0.6) is 0 Å². The first kappa shape index (κ1) is 76.9. The van der Waals surface area contributed by atoms with Crippen LogP contribution >= 0.6 is 0 Å². The lowest BCUT2D eigenvalue weighted by molar-refractivity contribution is -0.391. The molecule has 0 aromatic rings. The Labute approximate surface area is 525 Å². The molecule has 3 amide bonds. The fourth-order valence-electron chi connectivity index (χ4n) is 11.7. The Hall–Kier alpha value is -3.48. The Morgan fingerprint density at radius 3 is 1.39 bits per heavy atom. The summed E-state index contributed by atoms with van der Waals surface area (Å²) in [6.45, 7) is -4.44. The van der Waals surface area contributed by atoms with E-state index in [9.17, 15) is 132 Å². The van der Waals surface area contributed by atoms with Crippen molar-refractivity contribution >= 4 is 23.7 Å². The molecule has 0 aromatic carbocycles. The zero-order valence-electron chi connectivity index (χ0n) is 49.6. The third-order valence-electron chi connectivity index (χ3n) is 16.7. The lowest BCUT2D eigenvalue weighted by Crippen LogP contribution is -2.70. The summed E-state index contributed by atoms with van der Waals surface area (Å²) in [5.74, 6) is -7.57. The number of carboxylic acids is 1. The fourth-order valence-corrected chi connectivity index (χ4v) is 11.7. The molecule has 7 saturated heterocycles. The highest BCUT2D eigenvalue weighted by atomic mass is 16.8. The molecule has 42 nitrogen and oxygen atoms in total. The molecule has 42 heteroatoms. The number of aliphatic carboxylic acids is 1. The molecule has 0 radical (unpaired) electrons. The summed E-state index contributed by atoms with van der Waals surface area (Å²) in [6, 6.07) is -5.20. The van der Waals surface area contributed by atoms with Crippen molar-refractivity contribution in [3.05, 3.63) is 0 Å². The van der Waals surface area contributed by atoms with Crippen LogP contribution in [-0.2, 0) is 80.8 Å². The molecule has 7 heterocycles. The van der Waals surface area contributed by atoms with Gasteiger partial charge >= 0.3 is 5.97 Å². The monoisotopic (exact) mass is 1360 g/mol. The van der Waals surface area contributed by atoms with E-state index in [0.29, 0.717) is 0 Å². The Kier molecular flexibility index (Phi) is 27.2. The highest BCUT2D eigenvalue weighted by molar-refractivity contribution is 5.77. The Balaban J connectivity index is 1.08. The van der Waals surface area contributed by atoms with Gasteiger partial charge in [-0.25, -0.2) is 4.79 Å². The molecule has 7 aliphatic rings.